The average Bonchev–Trinajstić information content (AvgIpc) is 2.82. The summed E-state index contributed by atoms with van der Waals surface area (Å²) in [6, 6.07) is 6.97. The van der Waals surface area contributed by atoms with Crippen LogP contribution < -0.4 is 11.3 Å². The van der Waals surface area contributed by atoms with E-state index in [1.807, 2.05) is 0 Å². The monoisotopic (exact) mass is 232 g/mol. The molecule has 0 saturated heterocycles. The van der Waals surface area contributed by atoms with Gasteiger partial charge >= 0.3 is 0 Å². The third-order valence-corrected chi connectivity index (χ3v) is 4.25. The molecule has 0 aliphatic heterocycles. The standard InChI is InChI=1S/C15H24N2/c1-11-6-5-7-12(2)14(11)10-15(17-16)13-8-3-4-9-13/h5-7,13,15,17H,3-4,8-10,16H2,1-2H3. The molecule has 1 aromatic carbocycles. The van der Waals surface area contributed by atoms with E-state index in [1.54, 1.807) is 0 Å². The number of hydrogen-bond acceptors (Lipinski definition) is 2. The van der Waals surface area contributed by atoms with Crippen LogP contribution in [-0.2, 0) is 6.42 Å². The Labute approximate surface area is 105 Å². The van der Waals surface area contributed by atoms with E-state index in [9.17, 15) is 0 Å². The second-order valence-corrected chi connectivity index (χ2v) is 5.39. The van der Waals surface area contributed by atoms with Crippen molar-refractivity contribution in [1.82, 2.24) is 5.43 Å². The fourth-order valence-corrected chi connectivity index (χ4v) is 3.11. The van der Waals surface area contributed by atoms with Crippen LogP contribution in [-0.4, -0.2) is 6.04 Å². The van der Waals surface area contributed by atoms with Crippen LogP contribution in [0.15, 0.2) is 18.2 Å². The summed E-state index contributed by atoms with van der Waals surface area (Å²) in [4.78, 5) is 0. The first-order chi connectivity index (χ1) is 8.22. The molecule has 0 spiro atoms. The van der Waals surface area contributed by atoms with E-state index in [4.69, 9.17) is 5.84 Å². The normalized spacial score (nSPS) is 18.5. The minimum Gasteiger partial charge on any atom is -0.271 e. The number of hydrazine groups is 1. The summed E-state index contributed by atoms with van der Waals surface area (Å²) in [6.07, 6.45) is 6.48. The van der Waals surface area contributed by atoms with Gasteiger partial charge in [-0.25, -0.2) is 0 Å². The Morgan fingerprint density at radius 1 is 1.24 bits per heavy atom. The molecular weight excluding hydrogens is 208 g/mol. The average molecular weight is 232 g/mol. The largest absolute Gasteiger partial charge is 0.271 e. The van der Waals surface area contributed by atoms with Gasteiger partial charge in [-0.05, 0) is 55.7 Å². The maximum Gasteiger partial charge on any atom is 0.0279 e. The molecule has 1 saturated carbocycles. The van der Waals surface area contributed by atoms with Crippen molar-refractivity contribution in [2.45, 2.75) is 52.0 Å². The van der Waals surface area contributed by atoms with Crippen molar-refractivity contribution in [3.05, 3.63) is 34.9 Å². The molecule has 0 aromatic heterocycles. The molecule has 1 fully saturated rings. The third-order valence-electron chi connectivity index (χ3n) is 4.25. The molecule has 0 bridgehead atoms. The van der Waals surface area contributed by atoms with Gasteiger partial charge in [0.1, 0.15) is 0 Å². The maximum absolute atomic E-state index is 5.75. The zero-order chi connectivity index (χ0) is 12.3. The highest BCUT2D eigenvalue weighted by Crippen LogP contribution is 2.29. The fraction of sp³-hybridized carbons (Fsp3) is 0.600. The molecule has 2 rings (SSSR count). The topological polar surface area (TPSA) is 38.0 Å². The summed E-state index contributed by atoms with van der Waals surface area (Å²) in [6.45, 7) is 4.40. The van der Waals surface area contributed by atoms with Crippen LogP contribution >= 0.6 is 0 Å². The van der Waals surface area contributed by atoms with Gasteiger partial charge < -0.3 is 0 Å². The van der Waals surface area contributed by atoms with Gasteiger partial charge in [-0.1, -0.05) is 31.0 Å². The lowest BCUT2D eigenvalue weighted by molar-refractivity contribution is 0.360. The van der Waals surface area contributed by atoms with E-state index < -0.39 is 0 Å². The number of nitrogens with two attached hydrogens (primary N) is 1. The molecule has 94 valence electrons. The van der Waals surface area contributed by atoms with Gasteiger partial charge in [-0.3, -0.25) is 11.3 Å². The Morgan fingerprint density at radius 3 is 2.35 bits per heavy atom. The molecule has 0 radical (unpaired) electrons. The highest BCUT2D eigenvalue weighted by atomic mass is 15.2. The number of aryl methyl sites for hydroxylation is 2. The van der Waals surface area contributed by atoms with Crippen molar-refractivity contribution in [3.63, 3.8) is 0 Å². The summed E-state index contributed by atoms with van der Waals surface area (Å²) < 4.78 is 0. The van der Waals surface area contributed by atoms with Crippen LogP contribution in [0.1, 0.15) is 42.4 Å². The second kappa shape index (κ2) is 5.65. The van der Waals surface area contributed by atoms with Crippen LogP contribution in [0.5, 0.6) is 0 Å². The predicted molar refractivity (Wildman–Crippen MR) is 72.7 cm³/mol. The molecule has 0 heterocycles. The van der Waals surface area contributed by atoms with Gasteiger partial charge in [-0.15, -0.1) is 0 Å². The lowest BCUT2D eigenvalue weighted by Gasteiger charge is -2.24. The van der Waals surface area contributed by atoms with Crippen molar-refractivity contribution >= 4 is 0 Å². The lowest BCUT2D eigenvalue weighted by atomic mass is 9.89. The molecule has 17 heavy (non-hydrogen) atoms. The number of rotatable bonds is 4. The van der Waals surface area contributed by atoms with Crippen molar-refractivity contribution in [1.29, 1.82) is 0 Å². The smallest absolute Gasteiger partial charge is 0.0279 e. The van der Waals surface area contributed by atoms with Crippen LogP contribution in [0.2, 0.25) is 0 Å². The highest BCUT2D eigenvalue weighted by molar-refractivity contribution is 5.34. The number of benzene rings is 1. The Morgan fingerprint density at radius 2 is 1.82 bits per heavy atom. The molecular formula is C15H24N2. The Hall–Kier alpha value is -0.860. The number of nitrogens with one attached hydrogen (secondary N) is 1. The summed E-state index contributed by atoms with van der Waals surface area (Å²) in [5.74, 6) is 6.51. The zero-order valence-electron chi connectivity index (χ0n) is 11.0. The zero-order valence-corrected chi connectivity index (χ0v) is 11.0. The molecule has 0 amide bonds. The minimum atomic E-state index is 0.442. The molecule has 1 atom stereocenters. The Bertz CT molecular complexity index is 347. The van der Waals surface area contributed by atoms with Crippen molar-refractivity contribution in [2.75, 3.05) is 0 Å². The summed E-state index contributed by atoms with van der Waals surface area (Å²) in [5.41, 5.74) is 7.31. The van der Waals surface area contributed by atoms with Gasteiger partial charge in [0.15, 0.2) is 0 Å². The van der Waals surface area contributed by atoms with Crippen LogP contribution in [0.3, 0.4) is 0 Å². The quantitative estimate of drug-likeness (QED) is 0.619. The fourth-order valence-electron chi connectivity index (χ4n) is 3.11. The van der Waals surface area contributed by atoms with E-state index in [-0.39, 0.29) is 0 Å². The Kier molecular flexibility index (Phi) is 4.19. The number of hydrogen-bond donors (Lipinski definition) is 2. The van der Waals surface area contributed by atoms with Crippen LogP contribution in [0.25, 0.3) is 0 Å². The third kappa shape index (κ3) is 2.88. The van der Waals surface area contributed by atoms with Crippen molar-refractivity contribution in [3.8, 4) is 0 Å². The van der Waals surface area contributed by atoms with Gasteiger partial charge in [-0.2, -0.15) is 0 Å². The molecule has 3 N–H and O–H groups in total. The molecule has 2 heteroatoms. The SMILES string of the molecule is Cc1cccc(C)c1CC(NN)C1CCCC1. The first-order valence-electron chi connectivity index (χ1n) is 6.73. The van der Waals surface area contributed by atoms with Crippen molar-refractivity contribution < 1.29 is 0 Å². The molecule has 1 unspecified atom stereocenters. The van der Waals surface area contributed by atoms with E-state index >= 15 is 0 Å². The Balaban J connectivity index is 2.12. The van der Waals surface area contributed by atoms with Crippen molar-refractivity contribution in [2.24, 2.45) is 11.8 Å². The highest BCUT2D eigenvalue weighted by Gasteiger charge is 2.24. The van der Waals surface area contributed by atoms with E-state index in [0.717, 1.165) is 12.3 Å². The molecule has 1 aliphatic carbocycles. The van der Waals surface area contributed by atoms with Gasteiger partial charge in [0, 0.05) is 6.04 Å². The van der Waals surface area contributed by atoms with Crippen LogP contribution in [0, 0.1) is 19.8 Å². The van der Waals surface area contributed by atoms with E-state index in [2.05, 4.69) is 37.5 Å². The van der Waals surface area contributed by atoms with Gasteiger partial charge in [0.25, 0.3) is 0 Å². The van der Waals surface area contributed by atoms with Crippen LogP contribution in [0.4, 0.5) is 0 Å². The molecule has 1 aromatic rings. The second-order valence-electron chi connectivity index (χ2n) is 5.39. The minimum absolute atomic E-state index is 0.442. The first kappa shape index (κ1) is 12.6. The predicted octanol–water partition coefficient (Wildman–Crippen LogP) is 2.87. The first-order valence-corrected chi connectivity index (χ1v) is 6.73. The van der Waals surface area contributed by atoms with E-state index in [1.165, 1.54) is 42.4 Å². The summed E-state index contributed by atoms with van der Waals surface area (Å²) in [5, 5.41) is 0. The molecule has 2 nitrogen and oxygen atoms in total. The van der Waals surface area contributed by atoms with E-state index in [0.29, 0.717) is 6.04 Å². The maximum atomic E-state index is 5.75. The molecule has 1 aliphatic rings. The summed E-state index contributed by atoms with van der Waals surface area (Å²) in [7, 11) is 0. The van der Waals surface area contributed by atoms with Gasteiger partial charge in [0.05, 0.1) is 0 Å². The van der Waals surface area contributed by atoms with Gasteiger partial charge in [0.2, 0.25) is 0 Å². The summed E-state index contributed by atoms with van der Waals surface area (Å²) >= 11 is 0. The lowest BCUT2D eigenvalue weighted by Crippen LogP contribution is -2.41.